The maximum Gasteiger partial charge on any atom is 0.329 e. The van der Waals surface area contributed by atoms with Crippen LogP contribution < -0.4 is 0 Å². The van der Waals surface area contributed by atoms with Gasteiger partial charge in [0.15, 0.2) is 65.4 Å². The predicted molar refractivity (Wildman–Crippen MR) is 449 cm³/mol. The van der Waals surface area contributed by atoms with E-state index < -0.39 is 227 Å². The van der Waals surface area contributed by atoms with Crippen LogP contribution in [0.25, 0.3) is 0 Å². The van der Waals surface area contributed by atoms with Crippen LogP contribution in [-0.4, -0.2) is 316 Å². The van der Waals surface area contributed by atoms with Crippen molar-refractivity contribution in [2.45, 2.75) is 305 Å². The summed E-state index contributed by atoms with van der Waals surface area (Å²) in [5.41, 5.74) is 1.64. The zero-order chi connectivity index (χ0) is 101. The summed E-state index contributed by atoms with van der Waals surface area (Å²) in [6.07, 6.45) is -4.40. The number of carbonyl (C=O) groups is 24. The van der Waals surface area contributed by atoms with Crippen LogP contribution in [0.15, 0.2) is 60.7 Å². The second-order valence-electron chi connectivity index (χ2n) is 30.7. The Balaban J connectivity index is 0.000000402. The fraction of sp³-hybridized carbons (Fsp3) is 0.591. The summed E-state index contributed by atoms with van der Waals surface area (Å²) in [5.74, 6) is -12.9. The standard InChI is InChI=1S/C17H19NO6.C15H17NO5.C14H21NO6.C12H19NO5.C11H15NO6.C10H15NO5.C9H13NO5/c1-11(19)16(24-12(2)20)18-14(8-9-15(18)21)17(22)23-10-13-6-4-3-5-7-13;1-10(17)14(19)16-12(7-8-13(16)18)15(20)21-9-11-5-3-2-4-6-11;1-4-5-8-20-14(19)11-6-7-12(18)15(11)13(9(2)16)21-10(3)17;1-3-4-7-18-12(17)9-5-6-10(15)13(9)11(16)8(2)14;1-6(13)10(18-7(2)14)12-8(11(16)17-3)4-5-9(12)15;1-3-16-10(15)7-4-5-8(13)11(7)9(14)6(2)12;1-5(11)8(13)10-6(9(14)15-2)3-4-7(10)12/h3-7,14,16H,8-10H2,1-2H3;2-6,12,14,19H,7-9H2,1H3;11,13H,4-8H2,1-3H3;9,11,16H,3-7H2,1-2H3;8,10H,4-5H2,1-3H3;7,9,14H,3-5H2,1-2H3;6,8,13H,3-4H2,1-2H3. The molecule has 14 atom stereocenters. The number of ketones is 7. The first-order valence-electron chi connectivity index (χ1n) is 42.6. The molecule has 7 aliphatic heterocycles. The van der Waals surface area contributed by atoms with E-state index in [2.05, 4.69) is 9.47 Å². The molecule has 0 radical (unpaired) electrons. The molecule has 4 N–H and O–H groups in total. The molecule has 0 saturated carbocycles. The maximum atomic E-state index is 12.3. The van der Waals surface area contributed by atoms with Crippen LogP contribution in [0.2, 0.25) is 0 Å². The second kappa shape index (κ2) is 56.6. The van der Waals surface area contributed by atoms with E-state index in [4.69, 9.17) is 37.9 Å². The molecule has 2 aromatic carbocycles. The van der Waals surface area contributed by atoms with E-state index in [9.17, 15) is 135 Å². The van der Waals surface area contributed by atoms with Crippen molar-refractivity contribution < 1.29 is 183 Å². The highest BCUT2D eigenvalue weighted by molar-refractivity contribution is 5.99. The number of nitrogens with zero attached hydrogens (tertiary/aromatic N) is 7. The largest absolute Gasteiger partial charge is 0.467 e. The SMILES string of the molecule is CC(=O)C(O)N1C(=O)CCC1C(=O)OCc1ccccc1.CC(=O)OC(C(C)=O)N1C(=O)CCC1C(=O)OCc1ccccc1.CCCCOC(=O)C1CCC(=O)N1C(O)C(C)=O.CCCCOC(=O)C1CCC(=O)N1C(OC(C)=O)C(C)=O.CCOC(=O)C1CCC(=O)N1C(O)C(C)=O.COC(=O)C1CCC(=O)N1C(O)C(C)=O.COC(=O)C1CCC(=O)N1C(OC(C)=O)C(C)=O. The highest BCUT2D eigenvalue weighted by Crippen LogP contribution is 2.31. The number of hydrogen-bond donors (Lipinski definition) is 4. The number of benzene rings is 2. The van der Waals surface area contributed by atoms with Crippen molar-refractivity contribution in [1.82, 2.24) is 34.3 Å². The molecule has 7 amide bonds. The van der Waals surface area contributed by atoms with Gasteiger partial charge >= 0.3 is 59.7 Å². The summed E-state index contributed by atoms with van der Waals surface area (Å²) in [4.78, 5) is 283. The average Bonchev–Trinajstić information content (AvgIpc) is 1.71. The van der Waals surface area contributed by atoms with Gasteiger partial charge in [-0.15, -0.1) is 0 Å². The van der Waals surface area contributed by atoms with E-state index in [0.717, 1.165) is 98.8 Å². The molecule has 45 heteroatoms. The third-order valence-electron chi connectivity index (χ3n) is 20.5. The summed E-state index contributed by atoms with van der Waals surface area (Å²) in [6.45, 7) is 18.2. The van der Waals surface area contributed by atoms with Gasteiger partial charge in [0.2, 0.25) is 60.0 Å². The van der Waals surface area contributed by atoms with E-state index in [1.165, 1.54) is 55.8 Å². The molecular weight excluding hydrogens is 1760 g/mol. The van der Waals surface area contributed by atoms with Crippen LogP contribution >= 0.6 is 0 Å². The van der Waals surface area contributed by atoms with Crippen molar-refractivity contribution in [1.29, 1.82) is 0 Å². The molecule has 45 nitrogen and oxygen atoms in total. The number of carbonyl (C=O) groups excluding carboxylic acids is 24. The van der Waals surface area contributed by atoms with Gasteiger partial charge in [-0.1, -0.05) is 87.4 Å². The summed E-state index contributed by atoms with van der Waals surface area (Å²) < 4.78 is 48.9. The molecule has 7 aliphatic rings. The molecule has 734 valence electrons. The number of aliphatic hydroxyl groups excluding tert-OH is 4. The molecule has 7 fully saturated rings. The molecule has 0 bridgehead atoms. The number of unbranched alkanes of at least 4 members (excludes halogenated alkanes) is 2. The van der Waals surface area contributed by atoms with Crippen LogP contribution in [-0.2, 0) is 176 Å². The van der Waals surface area contributed by atoms with Gasteiger partial charge in [0.25, 0.3) is 0 Å². The Kier molecular flexibility index (Phi) is 48.6. The Morgan fingerprint density at radius 3 is 0.699 bits per heavy atom. The lowest BCUT2D eigenvalue weighted by Gasteiger charge is -2.29. The van der Waals surface area contributed by atoms with Gasteiger partial charge in [-0.25, -0.2) is 33.6 Å². The first kappa shape index (κ1) is 114. The Morgan fingerprint density at radius 2 is 0.496 bits per heavy atom. The predicted octanol–water partition coefficient (Wildman–Crippen LogP) is 0.988. The number of likely N-dealkylation sites (tertiary alicyclic amines) is 7. The van der Waals surface area contributed by atoms with E-state index >= 15 is 0 Å². The molecule has 133 heavy (non-hydrogen) atoms. The number of rotatable bonds is 35. The summed E-state index contributed by atoms with van der Waals surface area (Å²) in [7, 11) is 2.39. The molecule has 7 saturated heterocycles. The lowest BCUT2D eigenvalue weighted by atomic mass is 10.2. The minimum Gasteiger partial charge on any atom is -0.467 e. The monoisotopic (exact) mass is 1880 g/mol. The minimum absolute atomic E-state index is 0.0660. The zero-order valence-corrected chi connectivity index (χ0v) is 76.9. The zero-order valence-electron chi connectivity index (χ0n) is 76.9. The summed E-state index contributed by atoms with van der Waals surface area (Å²) >= 11 is 0. The lowest BCUT2D eigenvalue weighted by molar-refractivity contribution is -0.175. The average molecular weight is 1880 g/mol. The summed E-state index contributed by atoms with van der Waals surface area (Å²) in [5, 5.41) is 38.4. The van der Waals surface area contributed by atoms with Gasteiger partial charge < -0.3 is 67.8 Å². The fourth-order valence-corrected chi connectivity index (χ4v) is 13.9. The molecule has 2 aromatic rings. The fourth-order valence-electron chi connectivity index (χ4n) is 13.9. The normalized spacial score (nSPS) is 20.2. The van der Waals surface area contributed by atoms with Crippen molar-refractivity contribution in [2.24, 2.45) is 0 Å². The number of Topliss-reactive ketones (excluding diaryl/α,β-unsaturated/α-hetero) is 7. The molecule has 14 unspecified atom stereocenters. The van der Waals surface area contributed by atoms with E-state index in [1.807, 2.05) is 74.5 Å². The Hall–Kier alpha value is -13.0. The maximum absolute atomic E-state index is 12.3. The second-order valence-corrected chi connectivity index (χ2v) is 30.7. The molecule has 0 aromatic heterocycles. The van der Waals surface area contributed by atoms with Gasteiger partial charge in [-0.3, -0.25) is 116 Å². The van der Waals surface area contributed by atoms with Gasteiger partial charge in [0.05, 0.1) is 34.0 Å². The van der Waals surface area contributed by atoms with Gasteiger partial charge in [0.1, 0.15) is 55.5 Å². The van der Waals surface area contributed by atoms with Crippen LogP contribution in [0.5, 0.6) is 0 Å². The Bertz CT molecular complexity index is 4500. The van der Waals surface area contributed by atoms with Crippen LogP contribution in [0.4, 0.5) is 0 Å². The minimum atomic E-state index is -1.59. The molecular formula is C88H119N7O38. The van der Waals surface area contributed by atoms with Gasteiger partial charge in [0, 0.05) is 86.5 Å². The molecule has 9 rings (SSSR count). The van der Waals surface area contributed by atoms with Crippen LogP contribution in [0.1, 0.15) is 217 Å². The lowest BCUT2D eigenvalue weighted by Crippen LogP contribution is -2.51. The Labute approximate surface area is 766 Å². The van der Waals surface area contributed by atoms with Gasteiger partial charge in [-0.05, 0) is 104 Å². The first-order chi connectivity index (χ1) is 62.6. The number of amides is 7. The number of esters is 10. The quantitative estimate of drug-likeness (QED) is 0.0424. The van der Waals surface area contributed by atoms with E-state index in [1.54, 1.807) is 6.92 Å². The highest BCUT2D eigenvalue weighted by Gasteiger charge is 2.50. The van der Waals surface area contributed by atoms with E-state index in [0.29, 0.717) is 6.61 Å². The number of methoxy groups -OCH3 is 2. The van der Waals surface area contributed by atoms with Crippen LogP contribution in [0.3, 0.4) is 0 Å². The van der Waals surface area contributed by atoms with Crippen LogP contribution in [0, 0.1) is 0 Å². The van der Waals surface area contributed by atoms with Gasteiger partial charge in [-0.2, -0.15) is 0 Å². The Morgan fingerprint density at radius 1 is 0.293 bits per heavy atom. The number of aliphatic hydroxyl groups is 4. The van der Waals surface area contributed by atoms with Crippen molar-refractivity contribution in [3.63, 3.8) is 0 Å². The first-order valence-corrected chi connectivity index (χ1v) is 42.6. The number of ether oxygens (including phenoxy) is 10. The smallest absolute Gasteiger partial charge is 0.329 e. The van der Waals surface area contributed by atoms with Crippen molar-refractivity contribution in [2.75, 3.05) is 34.0 Å². The number of hydrogen-bond acceptors (Lipinski definition) is 38. The third kappa shape index (κ3) is 34.6. The van der Waals surface area contributed by atoms with Crippen molar-refractivity contribution >= 4 is 142 Å². The third-order valence-corrected chi connectivity index (χ3v) is 20.5. The van der Waals surface area contributed by atoms with Crippen molar-refractivity contribution in [3.05, 3.63) is 71.8 Å². The molecule has 0 aliphatic carbocycles. The highest BCUT2D eigenvalue weighted by atomic mass is 16.6. The van der Waals surface area contributed by atoms with E-state index in [-0.39, 0.29) is 116 Å². The summed E-state index contributed by atoms with van der Waals surface area (Å²) in [6, 6.07) is 12.1. The topological polar surface area (TPSA) is 606 Å². The molecule has 0 spiro atoms. The molecule has 7 heterocycles. The van der Waals surface area contributed by atoms with Crippen molar-refractivity contribution in [3.8, 4) is 0 Å².